The highest BCUT2D eigenvalue weighted by Crippen LogP contribution is 2.39. The number of anilines is 1. The van der Waals surface area contributed by atoms with E-state index in [4.69, 9.17) is 16.3 Å². The molecule has 0 unspecified atom stereocenters. The highest BCUT2D eigenvalue weighted by atomic mass is 35.5. The maximum Gasteiger partial charge on any atom is 0.313 e. The van der Waals surface area contributed by atoms with Gasteiger partial charge in [-0.25, -0.2) is 5.01 Å². The topological polar surface area (TPSA) is 102 Å². The lowest BCUT2D eigenvalue weighted by atomic mass is 10.1. The molecule has 1 fully saturated rings. The number of ether oxygens (including phenoxy) is 1. The lowest BCUT2D eigenvalue weighted by molar-refractivity contribution is -0.386. The van der Waals surface area contributed by atoms with Crippen molar-refractivity contribution in [1.82, 2.24) is 5.43 Å². The molecule has 0 atom stereocenters. The molecule has 0 aliphatic carbocycles. The summed E-state index contributed by atoms with van der Waals surface area (Å²) in [6.45, 7) is 5.22. The lowest BCUT2D eigenvalue weighted by Gasteiger charge is -2.22. The molecule has 0 saturated carbocycles. The number of carbonyl (C=O) groups is 2. The van der Waals surface area contributed by atoms with Crippen LogP contribution in [0.1, 0.15) is 26.3 Å². The van der Waals surface area contributed by atoms with Crippen LogP contribution in [0.3, 0.4) is 0 Å². The minimum atomic E-state index is -0.703. The van der Waals surface area contributed by atoms with Crippen molar-refractivity contribution in [3.63, 3.8) is 0 Å². The highest BCUT2D eigenvalue weighted by Gasteiger charge is 2.34. The first-order valence-electron chi connectivity index (χ1n) is 8.66. The predicted octanol–water partition coefficient (Wildman–Crippen LogP) is 3.89. The number of hydrogen-bond donors (Lipinski definition) is 1. The molecule has 150 valence electrons. The Bertz CT molecular complexity index is 1030. The van der Waals surface area contributed by atoms with E-state index in [-0.39, 0.29) is 27.6 Å². The second-order valence-corrected chi connectivity index (χ2v) is 7.70. The fourth-order valence-corrected chi connectivity index (χ4v) is 2.97. The molecule has 1 N–H and O–H groups in total. The molecular weight excluding hydrogens is 398 g/mol. The normalized spacial score (nSPS) is 15.6. The maximum absolute atomic E-state index is 12.7. The standard InChI is InChI=1S/C20H18ClN3O5/c1-20(2,3)29-17-15(21)10-12(11-16(17)24(27)28)9-14-18(25)22-23(19(14)26)13-7-5-4-6-8-13/h4-11H,1-3H3,(H,22,25). The van der Waals surface area contributed by atoms with Crippen LogP contribution >= 0.6 is 11.6 Å². The lowest BCUT2D eigenvalue weighted by Crippen LogP contribution is -2.35. The summed E-state index contributed by atoms with van der Waals surface area (Å²) >= 11 is 6.21. The van der Waals surface area contributed by atoms with Crippen molar-refractivity contribution in [2.45, 2.75) is 26.4 Å². The molecule has 0 aromatic heterocycles. The van der Waals surface area contributed by atoms with Gasteiger partial charge in [0, 0.05) is 6.07 Å². The van der Waals surface area contributed by atoms with E-state index >= 15 is 0 Å². The van der Waals surface area contributed by atoms with Gasteiger partial charge in [0.25, 0.3) is 11.8 Å². The SMILES string of the molecule is CC(C)(C)Oc1c(Cl)cc(C=C2C(=O)NN(c3ccccc3)C2=O)cc1[N+](=O)[O-]. The quantitative estimate of drug-likeness (QED) is 0.353. The molecule has 3 rings (SSSR count). The molecule has 2 aromatic carbocycles. The van der Waals surface area contributed by atoms with Crippen molar-refractivity contribution in [2.75, 3.05) is 5.01 Å². The van der Waals surface area contributed by atoms with Crippen LogP contribution in [-0.2, 0) is 9.59 Å². The van der Waals surface area contributed by atoms with Crippen LogP contribution < -0.4 is 15.2 Å². The van der Waals surface area contributed by atoms with E-state index in [2.05, 4.69) is 5.43 Å². The van der Waals surface area contributed by atoms with E-state index in [0.29, 0.717) is 5.69 Å². The second-order valence-electron chi connectivity index (χ2n) is 7.30. The van der Waals surface area contributed by atoms with Gasteiger partial charge < -0.3 is 4.74 Å². The Balaban J connectivity index is 2.01. The minimum absolute atomic E-state index is 0.00624. The van der Waals surface area contributed by atoms with Gasteiger partial charge in [-0.2, -0.15) is 0 Å². The van der Waals surface area contributed by atoms with Gasteiger partial charge in [0.1, 0.15) is 11.2 Å². The van der Waals surface area contributed by atoms with Crippen molar-refractivity contribution in [3.05, 3.63) is 68.7 Å². The number of para-hydroxylation sites is 1. The van der Waals surface area contributed by atoms with Gasteiger partial charge in [0.2, 0.25) is 5.75 Å². The number of amides is 2. The van der Waals surface area contributed by atoms with Crippen LogP contribution in [0.15, 0.2) is 48.0 Å². The van der Waals surface area contributed by atoms with Crippen LogP contribution in [0.2, 0.25) is 5.02 Å². The molecule has 2 aromatic rings. The van der Waals surface area contributed by atoms with E-state index < -0.39 is 22.3 Å². The number of nitro groups is 1. The predicted molar refractivity (Wildman–Crippen MR) is 109 cm³/mol. The number of halogens is 1. The molecule has 2 amide bonds. The average Bonchev–Trinajstić information content (AvgIpc) is 2.91. The summed E-state index contributed by atoms with van der Waals surface area (Å²) in [4.78, 5) is 35.8. The second kappa shape index (κ2) is 7.56. The zero-order valence-electron chi connectivity index (χ0n) is 15.9. The third-order valence-corrected chi connectivity index (χ3v) is 4.15. The average molecular weight is 416 g/mol. The number of carbonyl (C=O) groups excluding carboxylic acids is 2. The van der Waals surface area contributed by atoms with E-state index in [1.165, 1.54) is 18.2 Å². The Labute approximate surface area is 171 Å². The Kier molecular flexibility index (Phi) is 5.30. The van der Waals surface area contributed by atoms with Gasteiger partial charge in [0.05, 0.1) is 15.6 Å². The monoisotopic (exact) mass is 415 g/mol. The fourth-order valence-electron chi connectivity index (χ4n) is 2.71. The zero-order chi connectivity index (χ0) is 21.3. The highest BCUT2D eigenvalue weighted by molar-refractivity contribution is 6.33. The summed E-state index contributed by atoms with van der Waals surface area (Å²) in [5.74, 6) is -1.26. The Morgan fingerprint density at radius 1 is 1.17 bits per heavy atom. The smallest absolute Gasteiger partial charge is 0.313 e. The number of hydrazine groups is 1. The molecular formula is C20H18ClN3O5. The third kappa shape index (κ3) is 4.38. The van der Waals surface area contributed by atoms with Crippen LogP contribution in [0, 0.1) is 10.1 Å². The molecule has 1 saturated heterocycles. The van der Waals surface area contributed by atoms with Crippen molar-refractivity contribution in [1.29, 1.82) is 0 Å². The largest absolute Gasteiger partial charge is 0.480 e. The third-order valence-electron chi connectivity index (χ3n) is 3.87. The molecule has 29 heavy (non-hydrogen) atoms. The number of rotatable bonds is 4. The number of nitrogens with one attached hydrogen (secondary N) is 1. The number of nitro benzene ring substituents is 1. The molecule has 0 spiro atoms. The van der Waals surface area contributed by atoms with Crippen molar-refractivity contribution < 1.29 is 19.2 Å². The number of hydrogen-bond acceptors (Lipinski definition) is 5. The Morgan fingerprint density at radius 2 is 1.83 bits per heavy atom. The molecule has 8 nitrogen and oxygen atoms in total. The molecule has 1 heterocycles. The van der Waals surface area contributed by atoms with Crippen LogP contribution in [0.4, 0.5) is 11.4 Å². The summed E-state index contributed by atoms with van der Waals surface area (Å²) in [6.07, 6.45) is 1.26. The van der Waals surface area contributed by atoms with Gasteiger partial charge >= 0.3 is 5.69 Å². The van der Waals surface area contributed by atoms with Gasteiger partial charge in [-0.1, -0.05) is 29.8 Å². The van der Waals surface area contributed by atoms with E-state index in [1.807, 2.05) is 0 Å². The summed E-state index contributed by atoms with van der Waals surface area (Å²) in [5, 5.41) is 12.6. The first-order valence-corrected chi connectivity index (χ1v) is 9.04. The van der Waals surface area contributed by atoms with Gasteiger partial charge in [-0.05, 0) is 50.6 Å². The van der Waals surface area contributed by atoms with Crippen LogP contribution in [-0.4, -0.2) is 22.3 Å². The van der Waals surface area contributed by atoms with Gasteiger partial charge in [-0.3, -0.25) is 25.1 Å². The van der Waals surface area contributed by atoms with E-state index in [1.54, 1.807) is 51.1 Å². The number of nitrogens with zero attached hydrogens (tertiary/aromatic N) is 2. The molecule has 1 aliphatic heterocycles. The Hall–Kier alpha value is -3.39. The van der Waals surface area contributed by atoms with Crippen molar-refractivity contribution >= 4 is 40.9 Å². The summed E-state index contributed by atoms with van der Waals surface area (Å²) < 4.78 is 5.62. The first kappa shape index (κ1) is 20.3. The minimum Gasteiger partial charge on any atom is -0.480 e. The molecule has 1 aliphatic rings. The van der Waals surface area contributed by atoms with E-state index in [9.17, 15) is 19.7 Å². The Morgan fingerprint density at radius 3 is 2.41 bits per heavy atom. The van der Waals surface area contributed by atoms with Crippen molar-refractivity contribution in [3.8, 4) is 5.75 Å². The van der Waals surface area contributed by atoms with Crippen molar-refractivity contribution in [2.24, 2.45) is 0 Å². The summed E-state index contributed by atoms with van der Waals surface area (Å²) in [5.41, 5.74) is 1.97. The summed E-state index contributed by atoms with van der Waals surface area (Å²) in [7, 11) is 0. The molecule has 9 heteroatoms. The zero-order valence-corrected chi connectivity index (χ0v) is 16.7. The van der Waals surface area contributed by atoms with Crippen LogP contribution in [0.25, 0.3) is 6.08 Å². The van der Waals surface area contributed by atoms with Gasteiger partial charge in [-0.15, -0.1) is 0 Å². The van der Waals surface area contributed by atoms with E-state index in [0.717, 1.165) is 5.01 Å². The van der Waals surface area contributed by atoms with Gasteiger partial charge in [0.15, 0.2) is 0 Å². The summed E-state index contributed by atoms with van der Waals surface area (Å²) in [6, 6.07) is 11.2. The fraction of sp³-hybridized carbons (Fsp3) is 0.200. The molecule has 0 bridgehead atoms. The van der Waals surface area contributed by atoms with Crippen LogP contribution in [0.5, 0.6) is 5.75 Å². The number of benzene rings is 2. The molecule has 0 radical (unpaired) electrons. The maximum atomic E-state index is 12.7. The first-order chi connectivity index (χ1) is 13.6.